The van der Waals surface area contributed by atoms with Crippen molar-refractivity contribution in [3.05, 3.63) is 30.5 Å². The number of aromatic nitrogens is 1. The van der Waals surface area contributed by atoms with E-state index in [1.807, 2.05) is 18.2 Å². The van der Waals surface area contributed by atoms with Gasteiger partial charge in [0.1, 0.15) is 0 Å². The van der Waals surface area contributed by atoms with E-state index in [1.165, 1.54) is 0 Å². The van der Waals surface area contributed by atoms with Crippen LogP contribution in [-0.2, 0) is 4.79 Å². The molecule has 1 fully saturated rings. The minimum atomic E-state index is 0.0734. The first kappa shape index (κ1) is 12.3. The zero-order chi connectivity index (χ0) is 13.2. The second-order valence-electron chi connectivity index (χ2n) is 4.59. The van der Waals surface area contributed by atoms with Crippen molar-refractivity contribution in [2.75, 3.05) is 16.8 Å². The lowest BCUT2D eigenvalue weighted by atomic mass is 10.1. The van der Waals surface area contributed by atoms with Gasteiger partial charge in [-0.05, 0) is 42.9 Å². The van der Waals surface area contributed by atoms with Gasteiger partial charge in [-0.25, -0.2) is 0 Å². The van der Waals surface area contributed by atoms with Crippen molar-refractivity contribution in [1.29, 1.82) is 0 Å². The number of thioether (sulfide) groups is 1. The summed E-state index contributed by atoms with van der Waals surface area (Å²) in [5.41, 5.74) is 8.05. The highest BCUT2D eigenvalue weighted by molar-refractivity contribution is 8.00. The van der Waals surface area contributed by atoms with Crippen LogP contribution in [0.1, 0.15) is 12.8 Å². The molecule has 1 aromatic carbocycles. The zero-order valence-electron chi connectivity index (χ0n) is 10.4. The van der Waals surface area contributed by atoms with Gasteiger partial charge in [-0.1, -0.05) is 0 Å². The normalized spacial score (nSPS) is 18.6. The number of hydrogen-bond donors (Lipinski definition) is 2. The van der Waals surface area contributed by atoms with Crippen molar-refractivity contribution < 1.29 is 4.79 Å². The van der Waals surface area contributed by atoms with Crippen molar-refractivity contribution in [1.82, 2.24) is 4.98 Å². The summed E-state index contributed by atoms with van der Waals surface area (Å²) in [7, 11) is 0. The van der Waals surface area contributed by atoms with Crippen LogP contribution in [0.15, 0.2) is 30.5 Å². The SMILES string of the molecule is Nc1ccc(NC(=O)C2CCCS2)c2cccnc12. The van der Waals surface area contributed by atoms with E-state index in [0.29, 0.717) is 5.69 Å². The lowest BCUT2D eigenvalue weighted by molar-refractivity contribution is -0.115. The Hall–Kier alpha value is -1.75. The van der Waals surface area contributed by atoms with Crippen LogP contribution in [-0.4, -0.2) is 21.9 Å². The molecule has 0 spiro atoms. The Labute approximate surface area is 115 Å². The van der Waals surface area contributed by atoms with E-state index >= 15 is 0 Å². The predicted octanol–water partition coefficient (Wildman–Crippen LogP) is 2.65. The fourth-order valence-electron chi connectivity index (χ4n) is 2.30. The van der Waals surface area contributed by atoms with E-state index in [-0.39, 0.29) is 11.2 Å². The Morgan fingerprint density at radius 1 is 1.42 bits per heavy atom. The highest BCUT2D eigenvalue weighted by atomic mass is 32.2. The lowest BCUT2D eigenvalue weighted by Gasteiger charge is -2.12. The van der Waals surface area contributed by atoms with Crippen LogP contribution in [0.3, 0.4) is 0 Å². The predicted molar refractivity (Wildman–Crippen MR) is 80.3 cm³/mol. The second-order valence-corrected chi connectivity index (χ2v) is 5.90. The van der Waals surface area contributed by atoms with E-state index in [4.69, 9.17) is 5.73 Å². The largest absolute Gasteiger partial charge is 0.397 e. The molecule has 4 nitrogen and oxygen atoms in total. The molecule has 3 N–H and O–H groups in total. The van der Waals surface area contributed by atoms with Crippen LogP contribution in [0, 0.1) is 0 Å². The van der Waals surface area contributed by atoms with Gasteiger partial charge < -0.3 is 11.1 Å². The minimum absolute atomic E-state index is 0.0734. The molecule has 1 saturated heterocycles. The van der Waals surface area contributed by atoms with Gasteiger partial charge in [-0.3, -0.25) is 9.78 Å². The number of hydrogen-bond acceptors (Lipinski definition) is 4. The zero-order valence-corrected chi connectivity index (χ0v) is 11.2. The fourth-order valence-corrected chi connectivity index (χ4v) is 3.46. The number of pyridine rings is 1. The molecule has 2 aromatic rings. The molecule has 3 rings (SSSR count). The monoisotopic (exact) mass is 273 g/mol. The summed E-state index contributed by atoms with van der Waals surface area (Å²) in [6.45, 7) is 0. The molecule has 19 heavy (non-hydrogen) atoms. The van der Waals surface area contributed by atoms with Crippen LogP contribution in [0.5, 0.6) is 0 Å². The van der Waals surface area contributed by atoms with E-state index in [1.54, 1.807) is 24.0 Å². The molecule has 0 aliphatic carbocycles. The minimum Gasteiger partial charge on any atom is -0.397 e. The maximum absolute atomic E-state index is 12.2. The number of nitrogen functional groups attached to an aromatic ring is 1. The molecule has 5 heteroatoms. The number of rotatable bonds is 2. The molecule has 1 aliphatic heterocycles. The molecule has 1 aromatic heterocycles. The molecule has 2 heterocycles. The number of amides is 1. The third kappa shape index (κ3) is 2.38. The summed E-state index contributed by atoms with van der Waals surface area (Å²) in [5.74, 6) is 1.15. The number of nitrogens with one attached hydrogen (secondary N) is 1. The highest BCUT2D eigenvalue weighted by Crippen LogP contribution is 2.30. The summed E-state index contributed by atoms with van der Waals surface area (Å²) in [4.78, 5) is 16.4. The van der Waals surface area contributed by atoms with E-state index in [9.17, 15) is 4.79 Å². The summed E-state index contributed by atoms with van der Waals surface area (Å²) in [6, 6.07) is 7.40. The molecule has 0 radical (unpaired) electrons. The van der Waals surface area contributed by atoms with Gasteiger partial charge in [0.25, 0.3) is 0 Å². The Kier molecular flexibility index (Phi) is 3.29. The van der Waals surface area contributed by atoms with Crippen LogP contribution in [0.25, 0.3) is 10.9 Å². The summed E-state index contributed by atoms with van der Waals surface area (Å²) in [6.07, 6.45) is 3.78. The van der Waals surface area contributed by atoms with E-state index < -0.39 is 0 Å². The average molecular weight is 273 g/mol. The number of carbonyl (C=O) groups excluding carboxylic acids is 1. The van der Waals surface area contributed by atoms with Crippen molar-refractivity contribution >= 4 is 39.9 Å². The van der Waals surface area contributed by atoms with Gasteiger partial charge >= 0.3 is 0 Å². The number of fused-ring (bicyclic) bond motifs is 1. The number of nitrogens with zero attached hydrogens (tertiary/aromatic N) is 1. The Morgan fingerprint density at radius 3 is 3.11 bits per heavy atom. The number of anilines is 2. The van der Waals surface area contributed by atoms with Crippen LogP contribution in [0.4, 0.5) is 11.4 Å². The summed E-state index contributed by atoms with van der Waals surface area (Å²) >= 11 is 1.73. The van der Waals surface area contributed by atoms with Crippen molar-refractivity contribution in [2.45, 2.75) is 18.1 Å². The van der Waals surface area contributed by atoms with Gasteiger partial charge in [-0.2, -0.15) is 0 Å². The quantitative estimate of drug-likeness (QED) is 0.825. The van der Waals surface area contributed by atoms with Gasteiger partial charge in [0.2, 0.25) is 5.91 Å². The standard InChI is InChI=1S/C14H15N3OS/c15-10-5-6-11(9-3-1-7-16-13(9)10)17-14(18)12-4-2-8-19-12/h1,3,5-7,12H,2,4,8,15H2,(H,17,18). The molecular formula is C14H15N3OS. The number of nitrogens with two attached hydrogens (primary N) is 1. The Morgan fingerprint density at radius 2 is 2.32 bits per heavy atom. The van der Waals surface area contributed by atoms with E-state index in [2.05, 4.69) is 10.3 Å². The molecule has 0 saturated carbocycles. The van der Waals surface area contributed by atoms with Gasteiger partial charge in [-0.15, -0.1) is 11.8 Å². The summed E-state index contributed by atoms with van der Waals surface area (Å²) < 4.78 is 0. The van der Waals surface area contributed by atoms with E-state index in [0.717, 1.165) is 35.2 Å². The molecule has 1 aliphatic rings. The molecule has 0 bridgehead atoms. The third-order valence-electron chi connectivity index (χ3n) is 3.28. The first-order valence-corrected chi connectivity index (χ1v) is 7.36. The molecular weight excluding hydrogens is 258 g/mol. The van der Waals surface area contributed by atoms with Crippen LogP contribution >= 0.6 is 11.8 Å². The van der Waals surface area contributed by atoms with Crippen molar-refractivity contribution in [3.63, 3.8) is 0 Å². The first-order valence-electron chi connectivity index (χ1n) is 6.31. The van der Waals surface area contributed by atoms with Crippen LogP contribution < -0.4 is 11.1 Å². The smallest absolute Gasteiger partial charge is 0.237 e. The van der Waals surface area contributed by atoms with Crippen molar-refractivity contribution in [2.24, 2.45) is 0 Å². The fraction of sp³-hybridized carbons (Fsp3) is 0.286. The van der Waals surface area contributed by atoms with Crippen molar-refractivity contribution in [3.8, 4) is 0 Å². The molecule has 1 amide bonds. The maximum atomic E-state index is 12.2. The maximum Gasteiger partial charge on any atom is 0.237 e. The molecule has 1 atom stereocenters. The van der Waals surface area contributed by atoms with Crippen LogP contribution in [0.2, 0.25) is 0 Å². The van der Waals surface area contributed by atoms with Gasteiger partial charge in [0, 0.05) is 11.6 Å². The number of carbonyl (C=O) groups is 1. The third-order valence-corrected chi connectivity index (χ3v) is 4.66. The second kappa shape index (κ2) is 5.09. The lowest BCUT2D eigenvalue weighted by Crippen LogP contribution is -2.23. The summed E-state index contributed by atoms with van der Waals surface area (Å²) in [5, 5.41) is 3.96. The van der Waals surface area contributed by atoms with Gasteiger partial charge in [0.05, 0.1) is 22.1 Å². The Bertz CT molecular complexity index is 623. The molecule has 98 valence electrons. The number of benzene rings is 1. The molecule has 1 unspecified atom stereocenters. The average Bonchev–Trinajstić information content (AvgIpc) is 2.96. The first-order chi connectivity index (χ1) is 9.25. The Balaban J connectivity index is 1.92. The highest BCUT2D eigenvalue weighted by Gasteiger charge is 2.23. The topological polar surface area (TPSA) is 68.0 Å². The van der Waals surface area contributed by atoms with Gasteiger partial charge in [0.15, 0.2) is 0 Å².